The van der Waals surface area contributed by atoms with Crippen LogP contribution in [0.4, 0.5) is 0 Å². The number of hydrogen-bond acceptors (Lipinski definition) is 2. The molecule has 0 unspecified atom stereocenters. The van der Waals surface area contributed by atoms with Crippen molar-refractivity contribution in [3.63, 3.8) is 0 Å². The number of fused-ring (bicyclic) bond motifs is 1. The second-order valence-corrected chi connectivity index (χ2v) is 5.52. The highest BCUT2D eigenvalue weighted by Crippen LogP contribution is 2.27. The number of nitrogens with zero attached hydrogens (tertiary/aromatic N) is 1. The molecule has 4 nitrogen and oxygen atoms in total. The first-order chi connectivity index (χ1) is 8.31. The average molecular weight is 247 g/mol. The highest BCUT2D eigenvalue weighted by Gasteiger charge is 2.29. The van der Waals surface area contributed by atoms with Crippen molar-refractivity contribution in [1.29, 1.82) is 0 Å². The number of carboxylic acid groups (broad SMARTS) is 1. The molecule has 0 aromatic heterocycles. The predicted molar refractivity (Wildman–Crippen MR) is 67.4 cm³/mol. The van der Waals surface area contributed by atoms with Crippen molar-refractivity contribution in [3.05, 3.63) is 34.9 Å². The molecule has 0 saturated heterocycles. The van der Waals surface area contributed by atoms with Crippen LogP contribution in [-0.4, -0.2) is 28.9 Å². The summed E-state index contributed by atoms with van der Waals surface area (Å²) in [6.07, 6.45) is 0.423. The summed E-state index contributed by atoms with van der Waals surface area (Å²) in [5.74, 6) is -0.813. The van der Waals surface area contributed by atoms with Crippen LogP contribution in [0.5, 0.6) is 0 Å². The van der Waals surface area contributed by atoms with Gasteiger partial charge >= 0.3 is 5.97 Å². The molecule has 1 amide bonds. The van der Waals surface area contributed by atoms with Gasteiger partial charge in [0, 0.05) is 19.2 Å². The minimum Gasteiger partial charge on any atom is -0.481 e. The zero-order valence-corrected chi connectivity index (χ0v) is 10.9. The molecule has 1 aliphatic heterocycles. The largest absolute Gasteiger partial charge is 0.481 e. The third-order valence-electron chi connectivity index (χ3n) is 3.38. The van der Waals surface area contributed by atoms with Gasteiger partial charge in [0.15, 0.2) is 0 Å². The number of carbonyl (C=O) groups is 2. The maximum Gasteiger partial charge on any atom is 0.309 e. The van der Waals surface area contributed by atoms with E-state index in [2.05, 4.69) is 0 Å². The number of amides is 1. The van der Waals surface area contributed by atoms with E-state index in [0.717, 1.165) is 11.1 Å². The number of aliphatic carboxylic acids is 1. The maximum atomic E-state index is 11.9. The third kappa shape index (κ3) is 2.10. The summed E-state index contributed by atoms with van der Waals surface area (Å²) in [6.45, 7) is 4.02. The summed E-state index contributed by atoms with van der Waals surface area (Å²) in [4.78, 5) is 24.6. The maximum absolute atomic E-state index is 11.9. The molecule has 2 rings (SSSR count). The Labute approximate surface area is 106 Å². The monoisotopic (exact) mass is 247 g/mol. The first-order valence-electron chi connectivity index (χ1n) is 5.92. The van der Waals surface area contributed by atoms with E-state index >= 15 is 0 Å². The van der Waals surface area contributed by atoms with Crippen LogP contribution in [-0.2, 0) is 17.8 Å². The summed E-state index contributed by atoms with van der Waals surface area (Å²) in [5.41, 5.74) is 1.79. The Hall–Kier alpha value is -1.84. The fourth-order valence-corrected chi connectivity index (χ4v) is 2.19. The standard InChI is InChI=1S/C14H17NO3/c1-14(2,13(17)18)7-9-4-5-10-8-15(3)12(16)11(10)6-9/h4-6H,7-8H2,1-3H3,(H,17,18). The number of hydrogen-bond donors (Lipinski definition) is 1. The lowest BCUT2D eigenvalue weighted by Crippen LogP contribution is -2.26. The number of carbonyl (C=O) groups excluding carboxylic acids is 1. The van der Waals surface area contributed by atoms with Crippen LogP contribution in [0, 0.1) is 5.41 Å². The van der Waals surface area contributed by atoms with Crippen LogP contribution in [0.3, 0.4) is 0 Å². The summed E-state index contributed by atoms with van der Waals surface area (Å²) >= 11 is 0. The molecule has 0 atom stereocenters. The lowest BCUT2D eigenvalue weighted by atomic mass is 9.85. The minimum absolute atomic E-state index is 0.0139. The molecule has 4 heteroatoms. The smallest absolute Gasteiger partial charge is 0.309 e. The summed E-state index contributed by atoms with van der Waals surface area (Å²) in [5, 5.41) is 9.11. The van der Waals surface area contributed by atoms with Crippen LogP contribution >= 0.6 is 0 Å². The van der Waals surface area contributed by atoms with Gasteiger partial charge in [-0.2, -0.15) is 0 Å². The third-order valence-corrected chi connectivity index (χ3v) is 3.38. The predicted octanol–water partition coefficient (Wildman–Crippen LogP) is 1.93. The van der Waals surface area contributed by atoms with Crippen LogP contribution in [0.25, 0.3) is 0 Å². The molecule has 1 aromatic rings. The molecule has 0 bridgehead atoms. The lowest BCUT2D eigenvalue weighted by Gasteiger charge is -2.19. The molecule has 1 aliphatic rings. The van der Waals surface area contributed by atoms with Crippen molar-refractivity contribution >= 4 is 11.9 Å². The second-order valence-electron chi connectivity index (χ2n) is 5.52. The molecular formula is C14H17NO3. The fraction of sp³-hybridized carbons (Fsp3) is 0.429. The Balaban J connectivity index is 2.29. The Kier molecular flexibility index (Phi) is 2.89. The van der Waals surface area contributed by atoms with Crippen LogP contribution < -0.4 is 0 Å². The SMILES string of the molecule is CN1Cc2ccc(CC(C)(C)C(=O)O)cc2C1=O. The normalized spacial score (nSPS) is 14.8. The van der Waals surface area contributed by atoms with E-state index in [1.165, 1.54) is 0 Å². The molecule has 0 radical (unpaired) electrons. The van der Waals surface area contributed by atoms with E-state index in [1.807, 2.05) is 18.2 Å². The van der Waals surface area contributed by atoms with Gasteiger partial charge in [-0.1, -0.05) is 12.1 Å². The minimum atomic E-state index is -0.827. The molecular weight excluding hydrogens is 230 g/mol. The quantitative estimate of drug-likeness (QED) is 0.887. The van der Waals surface area contributed by atoms with E-state index in [0.29, 0.717) is 18.5 Å². The van der Waals surface area contributed by atoms with Crippen molar-refractivity contribution in [2.45, 2.75) is 26.8 Å². The van der Waals surface area contributed by atoms with Crippen molar-refractivity contribution in [2.75, 3.05) is 7.05 Å². The molecule has 96 valence electrons. The van der Waals surface area contributed by atoms with Crippen molar-refractivity contribution < 1.29 is 14.7 Å². The first-order valence-corrected chi connectivity index (χ1v) is 5.92. The molecule has 18 heavy (non-hydrogen) atoms. The van der Waals surface area contributed by atoms with E-state index < -0.39 is 11.4 Å². The highest BCUT2D eigenvalue weighted by atomic mass is 16.4. The number of benzene rings is 1. The topological polar surface area (TPSA) is 57.6 Å². The Morgan fingerprint density at radius 2 is 2.11 bits per heavy atom. The van der Waals surface area contributed by atoms with Gasteiger partial charge in [-0.3, -0.25) is 9.59 Å². The Bertz CT molecular complexity index is 520. The molecule has 0 aliphatic carbocycles. The Morgan fingerprint density at radius 3 is 2.72 bits per heavy atom. The summed E-state index contributed by atoms with van der Waals surface area (Å²) in [7, 11) is 1.77. The van der Waals surface area contributed by atoms with Gasteiger partial charge in [0.25, 0.3) is 5.91 Å². The van der Waals surface area contributed by atoms with Gasteiger partial charge in [0.1, 0.15) is 0 Å². The molecule has 1 N–H and O–H groups in total. The van der Waals surface area contributed by atoms with Crippen LogP contribution in [0.2, 0.25) is 0 Å². The fourth-order valence-electron chi connectivity index (χ4n) is 2.19. The molecule has 0 spiro atoms. The molecule has 0 saturated carbocycles. The van der Waals surface area contributed by atoms with E-state index in [9.17, 15) is 9.59 Å². The average Bonchev–Trinajstić information content (AvgIpc) is 2.55. The zero-order valence-electron chi connectivity index (χ0n) is 10.9. The van der Waals surface area contributed by atoms with Gasteiger partial charge in [0.2, 0.25) is 0 Å². The van der Waals surface area contributed by atoms with Gasteiger partial charge in [0.05, 0.1) is 5.41 Å². The van der Waals surface area contributed by atoms with Crippen LogP contribution in [0.15, 0.2) is 18.2 Å². The first kappa shape index (κ1) is 12.6. The lowest BCUT2D eigenvalue weighted by molar-refractivity contribution is -0.146. The summed E-state index contributed by atoms with van der Waals surface area (Å²) < 4.78 is 0. The van der Waals surface area contributed by atoms with Gasteiger partial charge in [-0.15, -0.1) is 0 Å². The zero-order chi connectivity index (χ0) is 13.5. The highest BCUT2D eigenvalue weighted by molar-refractivity contribution is 5.98. The van der Waals surface area contributed by atoms with Crippen molar-refractivity contribution in [3.8, 4) is 0 Å². The van der Waals surface area contributed by atoms with E-state index in [4.69, 9.17) is 5.11 Å². The van der Waals surface area contributed by atoms with Crippen molar-refractivity contribution in [1.82, 2.24) is 4.90 Å². The van der Waals surface area contributed by atoms with E-state index in [-0.39, 0.29) is 5.91 Å². The van der Waals surface area contributed by atoms with Gasteiger partial charge in [-0.05, 0) is 37.5 Å². The second kappa shape index (κ2) is 4.12. The van der Waals surface area contributed by atoms with Gasteiger partial charge < -0.3 is 10.0 Å². The van der Waals surface area contributed by atoms with E-state index in [1.54, 1.807) is 25.8 Å². The number of carboxylic acids is 1. The number of rotatable bonds is 3. The Morgan fingerprint density at radius 1 is 1.44 bits per heavy atom. The van der Waals surface area contributed by atoms with Crippen LogP contribution in [0.1, 0.15) is 35.3 Å². The van der Waals surface area contributed by atoms with Crippen molar-refractivity contribution in [2.24, 2.45) is 5.41 Å². The summed E-state index contributed by atoms with van der Waals surface area (Å²) in [6, 6.07) is 5.66. The molecule has 0 fully saturated rings. The molecule has 1 aromatic carbocycles. The van der Waals surface area contributed by atoms with Gasteiger partial charge in [-0.25, -0.2) is 0 Å². The molecule has 1 heterocycles.